The Morgan fingerprint density at radius 2 is 2.16 bits per heavy atom. The van der Waals surface area contributed by atoms with Gasteiger partial charge in [-0.15, -0.1) is 0 Å². The van der Waals surface area contributed by atoms with Gasteiger partial charge in [-0.2, -0.15) is 0 Å². The Hall–Kier alpha value is -1.46. The van der Waals surface area contributed by atoms with Crippen LogP contribution in [0.1, 0.15) is 24.9 Å². The summed E-state index contributed by atoms with van der Waals surface area (Å²) < 4.78 is 13.4. The zero-order chi connectivity index (χ0) is 14.2. The van der Waals surface area contributed by atoms with Gasteiger partial charge in [0, 0.05) is 13.1 Å². The fourth-order valence-corrected chi connectivity index (χ4v) is 2.18. The SMILES string of the molecule is CC(NC1CC(=O)N(C)C1=O)c1ccc(Cl)c(F)c1. The van der Waals surface area contributed by atoms with Gasteiger partial charge in [-0.25, -0.2) is 4.39 Å². The Bertz CT molecular complexity index is 535. The van der Waals surface area contributed by atoms with Crippen LogP contribution in [0.5, 0.6) is 0 Å². The third kappa shape index (κ3) is 2.77. The van der Waals surface area contributed by atoms with E-state index in [0.29, 0.717) is 5.56 Å². The zero-order valence-electron chi connectivity index (χ0n) is 10.6. The maximum Gasteiger partial charge on any atom is 0.246 e. The summed E-state index contributed by atoms with van der Waals surface area (Å²) in [5.74, 6) is -0.970. The third-order valence-electron chi connectivity index (χ3n) is 3.28. The van der Waals surface area contributed by atoms with Crippen LogP contribution < -0.4 is 5.32 Å². The molecule has 2 unspecified atom stereocenters. The van der Waals surface area contributed by atoms with E-state index in [-0.39, 0.29) is 29.3 Å². The summed E-state index contributed by atoms with van der Waals surface area (Å²) in [6, 6.07) is 3.68. The molecule has 0 bridgehead atoms. The van der Waals surface area contributed by atoms with Crippen molar-refractivity contribution in [2.75, 3.05) is 7.05 Å². The second-order valence-electron chi connectivity index (χ2n) is 4.61. The van der Waals surface area contributed by atoms with Crippen LogP contribution in [0.15, 0.2) is 18.2 Å². The van der Waals surface area contributed by atoms with Gasteiger partial charge in [-0.3, -0.25) is 19.8 Å². The molecule has 2 atom stereocenters. The van der Waals surface area contributed by atoms with Gasteiger partial charge in [-0.05, 0) is 24.6 Å². The Labute approximate surface area is 115 Å². The molecule has 1 aliphatic heterocycles. The number of carbonyl (C=O) groups is 2. The normalized spacial score (nSPS) is 21.1. The van der Waals surface area contributed by atoms with E-state index in [2.05, 4.69) is 5.32 Å². The molecule has 1 N–H and O–H groups in total. The van der Waals surface area contributed by atoms with E-state index in [1.807, 2.05) is 0 Å². The largest absolute Gasteiger partial charge is 0.299 e. The minimum atomic E-state index is -0.550. The number of hydrogen-bond acceptors (Lipinski definition) is 3. The van der Waals surface area contributed by atoms with E-state index < -0.39 is 11.9 Å². The fraction of sp³-hybridized carbons (Fsp3) is 0.385. The van der Waals surface area contributed by atoms with Crippen molar-refractivity contribution in [1.29, 1.82) is 0 Å². The molecule has 4 nitrogen and oxygen atoms in total. The average Bonchev–Trinajstić information content (AvgIpc) is 2.60. The molecular weight excluding hydrogens is 271 g/mol. The fourth-order valence-electron chi connectivity index (χ4n) is 2.07. The zero-order valence-corrected chi connectivity index (χ0v) is 11.4. The van der Waals surface area contributed by atoms with E-state index in [0.717, 1.165) is 4.90 Å². The highest BCUT2D eigenvalue weighted by molar-refractivity contribution is 6.30. The number of amides is 2. The van der Waals surface area contributed by atoms with Crippen LogP contribution >= 0.6 is 11.6 Å². The minimum absolute atomic E-state index is 0.0582. The number of halogens is 2. The molecular formula is C13H14ClFN2O2. The number of likely N-dealkylation sites (N-methyl/N-ethyl adjacent to an activating group) is 1. The number of rotatable bonds is 3. The van der Waals surface area contributed by atoms with Crippen molar-refractivity contribution in [3.8, 4) is 0 Å². The quantitative estimate of drug-likeness (QED) is 0.863. The Morgan fingerprint density at radius 3 is 2.68 bits per heavy atom. The maximum atomic E-state index is 13.4. The molecule has 0 saturated carbocycles. The Kier molecular flexibility index (Phi) is 3.87. The first-order chi connectivity index (χ1) is 8.90. The van der Waals surface area contributed by atoms with Gasteiger partial charge in [0.25, 0.3) is 0 Å². The van der Waals surface area contributed by atoms with Gasteiger partial charge in [-0.1, -0.05) is 17.7 Å². The highest BCUT2D eigenvalue weighted by atomic mass is 35.5. The molecule has 0 aromatic heterocycles. The van der Waals surface area contributed by atoms with Gasteiger partial charge in [0.1, 0.15) is 5.82 Å². The molecule has 19 heavy (non-hydrogen) atoms. The predicted octanol–water partition coefficient (Wildman–Crippen LogP) is 1.89. The first-order valence-electron chi connectivity index (χ1n) is 5.91. The van der Waals surface area contributed by atoms with Crippen molar-refractivity contribution in [2.24, 2.45) is 0 Å². The molecule has 2 rings (SSSR count). The van der Waals surface area contributed by atoms with Crippen molar-refractivity contribution in [2.45, 2.75) is 25.4 Å². The number of hydrogen-bond donors (Lipinski definition) is 1. The van der Waals surface area contributed by atoms with Crippen LogP contribution in [-0.2, 0) is 9.59 Å². The summed E-state index contributed by atoms with van der Waals surface area (Å²) in [5, 5.41) is 3.09. The first kappa shape index (κ1) is 14.0. The van der Waals surface area contributed by atoms with Crippen molar-refractivity contribution in [1.82, 2.24) is 10.2 Å². The van der Waals surface area contributed by atoms with Gasteiger partial charge in [0.05, 0.1) is 17.5 Å². The second-order valence-corrected chi connectivity index (χ2v) is 5.02. The second kappa shape index (κ2) is 5.27. The number of benzene rings is 1. The van der Waals surface area contributed by atoms with Crippen molar-refractivity contribution < 1.29 is 14.0 Å². The van der Waals surface area contributed by atoms with Crippen molar-refractivity contribution >= 4 is 23.4 Å². The first-order valence-corrected chi connectivity index (χ1v) is 6.29. The molecule has 1 heterocycles. The Balaban J connectivity index is 2.09. The van der Waals surface area contributed by atoms with E-state index >= 15 is 0 Å². The number of likely N-dealkylation sites (tertiary alicyclic amines) is 1. The Morgan fingerprint density at radius 1 is 1.47 bits per heavy atom. The topological polar surface area (TPSA) is 49.4 Å². The standard InChI is InChI=1S/C13H14ClFN2O2/c1-7(8-3-4-9(14)10(15)5-8)16-11-6-12(18)17(2)13(11)19/h3-5,7,11,16H,6H2,1-2H3. The lowest BCUT2D eigenvalue weighted by Crippen LogP contribution is -2.38. The van der Waals surface area contributed by atoms with Crippen LogP contribution in [0.3, 0.4) is 0 Å². The summed E-state index contributed by atoms with van der Waals surface area (Å²) in [7, 11) is 1.46. The van der Waals surface area contributed by atoms with Crippen molar-refractivity contribution in [3.05, 3.63) is 34.6 Å². The lowest BCUT2D eigenvalue weighted by atomic mass is 10.1. The van der Waals surface area contributed by atoms with Crippen LogP contribution in [0.25, 0.3) is 0 Å². The highest BCUT2D eigenvalue weighted by Gasteiger charge is 2.36. The lowest BCUT2D eigenvalue weighted by Gasteiger charge is -2.18. The molecule has 1 aromatic rings. The lowest BCUT2D eigenvalue weighted by molar-refractivity contribution is -0.137. The summed E-state index contributed by atoms with van der Waals surface area (Å²) in [5.41, 5.74) is 0.678. The number of nitrogens with one attached hydrogen (secondary N) is 1. The molecule has 102 valence electrons. The number of nitrogens with zero attached hydrogens (tertiary/aromatic N) is 1. The molecule has 1 aliphatic rings. The molecule has 0 aliphatic carbocycles. The molecule has 0 spiro atoms. The number of carbonyl (C=O) groups excluding carboxylic acids is 2. The predicted molar refractivity (Wildman–Crippen MR) is 69.1 cm³/mol. The van der Waals surface area contributed by atoms with Gasteiger partial charge in [0.2, 0.25) is 11.8 Å². The molecule has 0 radical (unpaired) electrons. The van der Waals surface area contributed by atoms with Crippen LogP contribution in [0, 0.1) is 5.82 Å². The molecule has 1 aromatic carbocycles. The molecule has 1 fully saturated rings. The van der Waals surface area contributed by atoms with Gasteiger partial charge >= 0.3 is 0 Å². The smallest absolute Gasteiger partial charge is 0.246 e. The van der Waals surface area contributed by atoms with E-state index in [1.165, 1.54) is 19.2 Å². The number of imide groups is 1. The van der Waals surface area contributed by atoms with Gasteiger partial charge in [0.15, 0.2) is 0 Å². The summed E-state index contributed by atoms with van der Waals surface area (Å²) in [6.07, 6.45) is 0.135. The van der Waals surface area contributed by atoms with E-state index in [9.17, 15) is 14.0 Å². The van der Waals surface area contributed by atoms with Crippen LogP contribution in [0.4, 0.5) is 4.39 Å². The third-order valence-corrected chi connectivity index (χ3v) is 3.58. The molecule has 1 saturated heterocycles. The van der Waals surface area contributed by atoms with E-state index in [1.54, 1.807) is 13.0 Å². The minimum Gasteiger partial charge on any atom is -0.299 e. The maximum absolute atomic E-state index is 13.4. The van der Waals surface area contributed by atoms with Crippen molar-refractivity contribution in [3.63, 3.8) is 0 Å². The van der Waals surface area contributed by atoms with Crippen LogP contribution in [-0.4, -0.2) is 29.8 Å². The highest BCUT2D eigenvalue weighted by Crippen LogP contribution is 2.22. The average molecular weight is 285 g/mol. The summed E-state index contributed by atoms with van der Waals surface area (Å²) >= 11 is 5.62. The van der Waals surface area contributed by atoms with Gasteiger partial charge < -0.3 is 0 Å². The molecule has 6 heteroatoms. The molecule has 2 amide bonds. The van der Waals surface area contributed by atoms with Crippen LogP contribution in [0.2, 0.25) is 5.02 Å². The summed E-state index contributed by atoms with van der Waals surface area (Å²) in [6.45, 7) is 1.80. The summed E-state index contributed by atoms with van der Waals surface area (Å²) in [4.78, 5) is 24.3. The van der Waals surface area contributed by atoms with E-state index in [4.69, 9.17) is 11.6 Å². The monoisotopic (exact) mass is 284 g/mol.